The lowest BCUT2D eigenvalue weighted by Crippen LogP contribution is -2.50. The number of carbonyl (C=O) groups excluding carboxylic acids is 1. The average Bonchev–Trinajstić information content (AvgIpc) is 3.28. The molecule has 8 nitrogen and oxygen atoms in total. The van der Waals surface area contributed by atoms with Gasteiger partial charge in [-0.15, -0.1) is 0 Å². The van der Waals surface area contributed by atoms with Crippen LogP contribution in [0, 0.1) is 6.92 Å². The minimum absolute atomic E-state index is 0.0836. The van der Waals surface area contributed by atoms with Crippen molar-refractivity contribution in [2.45, 2.75) is 26.7 Å². The lowest BCUT2D eigenvalue weighted by molar-refractivity contribution is 0.208. The van der Waals surface area contributed by atoms with Gasteiger partial charge in [-0.1, -0.05) is 54.5 Å². The topological polar surface area (TPSA) is 87.4 Å². The first-order valence-electron chi connectivity index (χ1n) is 11.7. The van der Waals surface area contributed by atoms with Gasteiger partial charge in [0.2, 0.25) is 0 Å². The fourth-order valence-corrected chi connectivity index (χ4v) is 4.28. The number of fused-ring (bicyclic) bond motifs is 1. The van der Waals surface area contributed by atoms with Crippen molar-refractivity contribution in [2.75, 3.05) is 36.4 Å². The molecule has 1 fully saturated rings. The molecular weight excluding hydrogens is 428 g/mol. The van der Waals surface area contributed by atoms with Crippen molar-refractivity contribution in [1.29, 1.82) is 0 Å². The van der Waals surface area contributed by atoms with Crippen molar-refractivity contribution < 1.29 is 9.32 Å². The van der Waals surface area contributed by atoms with Gasteiger partial charge in [-0.2, -0.15) is 4.98 Å². The number of hydrogen-bond donors (Lipinski definition) is 1. The normalized spacial score (nSPS) is 13.9. The molecule has 1 aliphatic heterocycles. The Balaban J connectivity index is 1.39. The number of rotatable bonds is 5. The highest BCUT2D eigenvalue weighted by Crippen LogP contribution is 2.34. The summed E-state index contributed by atoms with van der Waals surface area (Å²) in [6.45, 7) is 6.64. The van der Waals surface area contributed by atoms with E-state index in [9.17, 15) is 4.79 Å². The van der Waals surface area contributed by atoms with Crippen LogP contribution >= 0.6 is 0 Å². The molecule has 174 valence electrons. The number of hydrogen-bond acceptors (Lipinski definition) is 6. The molecule has 0 atom stereocenters. The zero-order valence-corrected chi connectivity index (χ0v) is 19.5. The fourth-order valence-electron chi connectivity index (χ4n) is 4.28. The van der Waals surface area contributed by atoms with E-state index in [0.717, 1.165) is 52.4 Å². The highest BCUT2D eigenvalue weighted by atomic mass is 16.5. The molecule has 0 radical (unpaired) electrons. The maximum atomic E-state index is 12.8. The summed E-state index contributed by atoms with van der Waals surface area (Å²) >= 11 is 0. The van der Waals surface area contributed by atoms with Crippen molar-refractivity contribution in [1.82, 2.24) is 20.0 Å². The largest absolute Gasteiger partial charge is 0.352 e. The van der Waals surface area contributed by atoms with Crippen LogP contribution in [0.15, 0.2) is 59.1 Å². The summed E-state index contributed by atoms with van der Waals surface area (Å²) in [6, 6.07) is 17.7. The van der Waals surface area contributed by atoms with Crippen LogP contribution in [0.3, 0.4) is 0 Å². The van der Waals surface area contributed by atoms with E-state index < -0.39 is 0 Å². The Morgan fingerprint density at radius 1 is 1.03 bits per heavy atom. The van der Waals surface area contributed by atoms with Gasteiger partial charge in [0, 0.05) is 43.9 Å². The lowest BCUT2D eigenvalue weighted by atomic mass is 10.1. The summed E-state index contributed by atoms with van der Waals surface area (Å²) < 4.78 is 5.65. The molecular formula is C26H28N6O2. The molecule has 1 saturated heterocycles. The van der Waals surface area contributed by atoms with Gasteiger partial charge < -0.3 is 19.6 Å². The molecule has 34 heavy (non-hydrogen) atoms. The zero-order chi connectivity index (χ0) is 23.5. The van der Waals surface area contributed by atoms with Crippen LogP contribution in [0.1, 0.15) is 24.7 Å². The standard InChI is InChI=1S/C26H28N6O2/c1-3-8-21-28-24(22-23(30-34-25(22)29-21)19-10-5-4-6-11-19)31-13-15-32(16-14-31)26(33)27-20-12-7-9-18(2)17-20/h4-7,9-12,17H,3,8,13-16H2,1-2H3,(H,27,33). The molecule has 8 heteroatoms. The Bertz CT molecular complexity index is 1300. The van der Waals surface area contributed by atoms with E-state index in [4.69, 9.17) is 9.51 Å². The molecule has 0 spiro atoms. The number of anilines is 2. The summed E-state index contributed by atoms with van der Waals surface area (Å²) in [5, 5.41) is 8.17. The number of aromatic nitrogens is 3. The number of amides is 2. The maximum absolute atomic E-state index is 12.8. The minimum Gasteiger partial charge on any atom is -0.352 e. The Hall–Kier alpha value is -3.94. The summed E-state index contributed by atoms with van der Waals surface area (Å²) in [5.74, 6) is 1.58. The quantitative estimate of drug-likeness (QED) is 0.460. The number of urea groups is 1. The number of nitrogens with one attached hydrogen (secondary N) is 1. The van der Waals surface area contributed by atoms with E-state index in [2.05, 4.69) is 27.3 Å². The van der Waals surface area contributed by atoms with E-state index in [1.165, 1.54) is 0 Å². The number of benzene rings is 2. The van der Waals surface area contributed by atoms with Crippen LogP contribution < -0.4 is 10.2 Å². The molecule has 0 aliphatic carbocycles. The van der Waals surface area contributed by atoms with Crippen LogP contribution in [-0.4, -0.2) is 52.2 Å². The van der Waals surface area contributed by atoms with Gasteiger partial charge in [-0.05, 0) is 31.0 Å². The first kappa shape index (κ1) is 21.9. The number of piperazine rings is 1. The van der Waals surface area contributed by atoms with Gasteiger partial charge in [-0.25, -0.2) is 9.78 Å². The molecule has 1 N–H and O–H groups in total. The molecule has 5 rings (SSSR count). The van der Waals surface area contributed by atoms with E-state index in [-0.39, 0.29) is 6.03 Å². The Morgan fingerprint density at radius 2 is 1.82 bits per heavy atom. The molecule has 2 aromatic heterocycles. The van der Waals surface area contributed by atoms with Crippen LogP contribution in [-0.2, 0) is 6.42 Å². The number of carbonyl (C=O) groups is 1. The highest BCUT2D eigenvalue weighted by molar-refractivity contribution is 5.98. The van der Waals surface area contributed by atoms with Crippen molar-refractivity contribution in [3.8, 4) is 11.3 Å². The van der Waals surface area contributed by atoms with Gasteiger partial charge in [0.05, 0.1) is 0 Å². The summed E-state index contributed by atoms with van der Waals surface area (Å²) in [4.78, 5) is 26.4. The van der Waals surface area contributed by atoms with Crippen LogP contribution in [0.25, 0.3) is 22.4 Å². The molecule has 3 heterocycles. The molecule has 1 aliphatic rings. The first-order valence-corrected chi connectivity index (χ1v) is 11.7. The third-order valence-corrected chi connectivity index (χ3v) is 6.02. The molecule has 0 unspecified atom stereocenters. The van der Waals surface area contributed by atoms with Crippen molar-refractivity contribution in [3.63, 3.8) is 0 Å². The summed E-state index contributed by atoms with van der Waals surface area (Å²) in [6.07, 6.45) is 1.71. The van der Waals surface area contributed by atoms with Crippen LogP contribution in [0.4, 0.5) is 16.3 Å². The average molecular weight is 457 g/mol. The van der Waals surface area contributed by atoms with E-state index in [0.29, 0.717) is 31.9 Å². The second kappa shape index (κ2) is 9.51. The van der Waals surface area contributed by atoms with E-state index in [1.54, 1.807) is 0 Å². The second-order valence-corrected chi connectivity index (χ2v) is 8.56. The number of nitrogens with zero attached hydrogens (tertiary/aromatic N) is 5. The fraction of sp³-hybridized carbons (Fsp3) is 0.308. The lowest BCUT2D eigenvalue weighted by Gasteiger charge is -2.35. The van der Waals surface area contributed by atoms with Crippen molar-refractivity contribution in [2.24, 2.45) is 0 Å². The van der Waals surface area contributed by atoms with Gasteiger partial charge in [0.15, 0.2) is 0 Å². The van der Waals surface area contributed by atoms with E-state index >= 15 is 0 Å². The summed E-state index contributed by atoms with van der Waals surface area (Å²) in [5.41, 5.74) is 4.14. The molecule has 2 aromatic carbocycles. The Kier molecular flexibility index (Phi) is 6.12. The summed E-state index contributed by atoms with van der Waals surface area (Å²) in [7, 11) is 0. The molecule has 2 amide bonds. The zero-order valence-electron chi connectivity index (χ0n) is 19.5. The molecule has 0 saturated carbocycles. The van der Waals surface area contributed by atoms with Crippen molar-refractivity contribution in [3.05, 3.63) is 66.0 Å². The third-order valence-electron chi connectivity index (χ3n) is 6.02. The van der Waals surface area contributed by atoms with Crippen LogP contribution in [0.2, 0.25) is 0 Å². The smallest absolute Gasteiger partial charge is 0.321 e. The Morgan fingerprint density at radius 3 is 2.56 bits per heavy atom. The SMILES string of the molecule is CCCc1nc(N2CCN(C(=O)Nc3cccc(C)c3)CC2)c2c(-c3ccccc3)noc2n1. The number of aryl methyl sites for hydroxylation is 2. The first-order chi connectivity index (χ1) is 16.6. The molecule has 4 aromatic rings. The van der Waals surface area contributed by atoms with Gasteiger partial charge in [-0.3, -0.25) is 0 Å². The van der Waals surface area contributed by atoms with Crippen LogP contribution in [0.5, 0.6) is 0 Å². The maximum Gasteiger partial charge on any atom is 0.321 e. The third kappa shape index (κ3) is 4.44. The highest BCUT2D eigenvalue weighted by Gasteiger charge is 2.27. The van der Waals surface area contributed by atoms with Gasteiger partial charge in [0.25, 0.3) is 5.71 Å². The Labute approximate surface area is 198 Å². The minimum atomic E-state index is -0.0836. The molecule has 0 bridgehead atoms. The van der Waals surface area contributed by atoms with Gasteiger partial charge >= 0.3 is 6.03 Å². The predicted molar refractivity (Wildman–Crippen MR) is 133 cm³/mol. The van der Waals surface area contributed by atoms with E-state index in [1.807, 2.05) is 66.4 Å². The predicted octanol–water partition coefficient (Wildman–Crippen LogP) is 4.90. The van der Waals surface area contributed by atoms with Crippen molar-refractivity contribution >= 4 is 28.6 Å². The van der Waals surface area contributed by atoms with Gasteiger partial charge in [0.1, 0.15) is 22.7 Å². The second-order valence-electron chi connectivity index (χ2n) is 8.56. The monoisotopic (exact) mass is 456 g/mol.